The molecule has 0 aliphatic carbocycles. The van der Waals surface area contributed by atoms with E-state index in [1.807, 2.05) is 43.3 Å². The quantitative estimate of drug-likeness (QED) is 0.732. The maximum atomic E-state index is 12.1. The Morgan fingerprint density at radius 3 is 2.64 bits per heavy atom. The van der Waals surface area contributed by atoms with Gasteiger partial charge in [-0.25, -0.2) is 9.48 Å². The number of halogens is 1. The average molecular weight is 399 g/mol. The second-order valence-corrected chi connectivity index (χ2v) is 6.42. The van der Waals surface area contributed by atoms with Crippen molar-refractivity contribution in [1.82, 2.24) is 14.8 Å². The highest BCUT2D eigenvalue weighted by atomic mass is 79.9. The molecule has 1 aromatic heterocycles. The van der Waals surface area contributed by atoms with Crippen LogP contribution >= 0.6 is 15.9 Å². The van der Waals surface area contributed by atoms with E-state index in [0.29, 0.717) is 11.4 Å². The summed E-state index contributed by atoms with van der Waals surface area (Å²) >= 11 is 3.34. The van der Waals surface area contributed by atoms with E-state index in [2.05, 4.69) is 31.3 Å². The highest BCUT2D eigenvalue weighted by Gasteiger charge is 2.09. The number of aryl methyl sites for hydroxylation is 1. The lowest BCUT2D eigenvalue weighted by atomic mass is 10.1. The smallest absolute Gasteiger partial charge is 0.324 e. The highest BCUT2D eigenvalue weighted by Crippen LogP contribution is 2.16. The molecule has 2 aromatic carbocycles. The summed E-state index contributed by atoms with van der Waals surface area (Å²) in [4.78, 5) is 28.2. The number of hydrogen-bond acceptors (Lipinski definition) is 4. The molecule has 1 N–H and O–H groups in total. The average Bonchev–Trinajstić information content (AvgIpc) is 2.57. The number of carbonyl (C=O) groups is 1. The van der Waals surface area contributed by atoms with Crippen LogP contribution in [0.25, 0.3) is 11.3 Å². The van der Waals surface area contributed by atoms with Crippen LogP contribution < -0.4 is 11.0 Å². The van der Waals surface area contributed by atoms with Crippen LogP contribution in [0.1, 0.15) is 5.56 Å². The lowest BCUT2D eigenvalue weighted by Crippen LogP contribution is -2.31. The second kappa shape index (κ2) is 7.40. The molecule has 0 unspecified atom stereocenters. The molecule has 0 saturated carbocycles. The summed E-state index contributed by atoms with van der Waals surface area (Å²) in [6, 6.07) is 14.8. The predicted octanol–water partition coefficient (Wildman–Crippen LogP) is 3.01. The molecule has 0 fully saturated rings. The summed E-state index contributed by atoms with van der Waals surface area (Å²) in [5, 5.41) is 6.76. The summed E-state index contributed by atoms with van der Waals surface area (Å²) < 4.78 is 1.88. The van der Waals surface area contributed by atoms with Gasteiger partial charge >= 0.3 is 5.69 Å². The van der Waals surface area contributed by atoms with Crippen LogP contribution in [0.5, 0.6) is 0 Å². The molecule has 0 atom stereocenters. The van der Waals surface area contributed by atoms with Gasteiger partial charge in [0.1, 0.15) is 6.54 Å². The maximum Gasteiger partial charge on any atom is 0.365 e. The highest BCUT2D eigenvalue weighted by molar-refractivity contribution is 9.10. The van der Waals surface area contributed by atoms with Crippen molar-refractivity contribution in [1.29, 1.82) is 0 Å². The molecule has 0 spiro atoms. The number of benzene rings is 2. The molecule has 0 aliphatic rings. The molecule has 25 heavy (non-hydrogen) atoms. The van der Waals surface area contributed by atoms with E-state index < -0.39 is 5.69 Å². The van der Waals surface area contributed by atoms with E-state index in [-0.39, 0.29) is 12.5 Å². The first-order valence-electron chi connectivity index (χ1n) is 7.58. The monoisotopic (exact) mass is 398 g/mol. The second-order valence-electron chi connectivity index (χ2n) is 5.51. The fourth-order valence-corrected chi connectivity index (χ4v) is 2.64. The van der Waals surface area contributed by atoms with E-state index in [9.17, 15) is 9.59 Å². The van der Waals surface area contributed by atoms with Crippen molar-refractivity contribution in [2.75, 3.05) is 5.32 Å². The third kappa shape index (κ3) is 4.39. The van der Waals surface area contributed by atoms with Gasteiger partial charge in [-0.15, -0.1) is 0 Å². The van der Waals surface area contributed by atoms with Crippen LogP contribution in [0.15, 0.2) is 64.0 Å². The molecule has 0 saturated heterocycles. The molecule has 126 valence electrons. The van der Waals surface area contributed by atoms with Gasteiger partial charge in [-0.05, 0) is 25.1 Å². The van der Waals surface area contributed by atoms with Crippen molar-refractivity contribution >= 4 is 27.5 Å². The Kier molecular flexibility index (Phi) is 5.04. The van der Waals surface area contributed by atoms with Crippen molar-refractivity contribution in [2.24, 2.45) is 0 Å². The standard InChI is InChI=1S/C18H15BrN4O2/c1-12-5-7-13(8-6-12)16-10-20-23(18(25)22-16)11-17(24)21-15-4-2-3-14(19)9-15/h2-10H,11H2,1H3,(H,21,24). The third-order valence-electron chi connectivity index (χ3n) is 3.51. The molecule has 0 bridgehead atoms. The number of amides is 1. The molecule has 1 amide bonds. The number of carbonyl (C=O) groups excluding carboxylic acids is 1. The molecule has 0 radical (unpaired) electrons. The summed E-state index contributed by atoms with van der Waals surface area (Å²) in [6.07, 6.45) is 1.48. The van der Waals surface area contributed by atoms with Crippen LogP contribution in [0.4, 0.5) is 5.69 Å². The Balaban J connectivity index is 1.74. The third-order valence-corrected chi connectivity index (χ3v) is 4.00. The van der Waals surface area contributed by atoms with Gasteiger partial charge in [0.05, 0.1) is 11.9 Å². The number of hydrogen-bond donors (Lipinski definition) is 1. The number of nitrogens with zero attached hydrogens (tertiary/aromatic N) is 3. The van der Waals surface area contributed by atoms with Crippen molar-refractivity contribution < 1.29 is 4.79 Å². The van der Waals surface area contributed by atoms with Gasteiger partial charge < -0.3 is 5.32 Å². The fraction of sp³-hybridized carbons (Fsp3) is 0.111. The van der Waals surface area contributed by atoms with Gasteiger partial charge in [0.25, 0.3) is 0 Å². The van der Waals surface area contributed by atoms with Crippen LogP contribution in [-0.4, -0.2) is 20.7 Å². The Hall–Kier alpha value is -2.80. The number of rotatable bonds is 4. The molecule has 6 nitrogen and oxygen atoms in total. The first-order chi connectivity index (χ1) is 12.0. The Morgan fingerprint density at radius 2 is 1.96 bits per heavy atom. The first kappa shape index (κ1) is 17.0. The Morgan fingerprint density at radius 1 is 1.20 bits per heavy atom. The van der Waals surface area contributed by atoms with Crippen molar-refractivity contribution in [3.05, 3.63) is 75.2 Å². The molecule has 3 rings (SSSR count). The molecular formula is C18H15BrN4O2. The van der Waals surface area contributed by atoms with Crippen LogP contribution in [0.3, 0.4) is 0 Å². The van der Waals surface area contributed by atoms with E-state index >= 15 is 0 Å². The molecule has 7 heteroatoms. The topological polar surface area (TPSA) is 76.9 Å². The van der Waals surface area contributed by atoms with E-state index in [0.717, 1.165) is 20.3 Å². The molecule has 0 aliphatic heterocycles. The first-order valence-corrected chi connectivity index (χ1v) is 8.37. The maximum absolute atomic E-state index is 12.1. The van der Waals surface area contributed by atoms with E-state index in [1.54, 1.807) is 12.1 Å². The van der Waals surface area contributed by atoms with E-state index in [4.69, 9.17) is 0 Å². The molecule has 1 heterocycles. The number of nitrogens with one attached hydrogen (secondary N) is 1. The van der Waals surface area contributed by atoms with Gasteiger partial charge in [-0.3, -0.25) is 4.79 Å². The number of aromatic nitrogens is 3. The molecule has 3 aromatic rings. The summed E-state index contributed by atoms with van der Waals surface area (Å²) in [5.41, 5.74) is 2.47. The van der Waals surface area contributed by atoms with Gasteiger partial charge in [0.15, 0.2) is 0 Å². The lowest BCUT2D eigenvalue weighted by Gasteiger charge is -2.07. The normalized spacial score (nSPS) is 10.5. The fourth-order valence-electron chi connectivity index (χ4n) is 2.24. The SMILES string of the molecule is Cc1ccc(-c2cnn(CC(=O)Nc3cccc(Br)c3)c(=O)n2)cc1. The zero-order valence-corrected chi connectivity index (χ0v) is 15.0. The summed E-state index contributed by atoms with van der Waals surface area (Å²) in [5.74, 6) is -0.349. The summed E-state index contributed by atoms with van der Waals surface area (Å²) in [6.45, 7) is 1.78. The van der Waals surface area contributed by atoms with Gasteiger partial charge in [-0.2, -0.15) is 10.1 Å². The zero-order chi connectivity index (χ0) is 17.8. The Labute approximate surface area is 152 Å². The van der Waals surface area contributed by atoms with Gasteiger partial charge in [-0.1, -0.05) is 51.8 Å². The van der Waals surface area contributed by atoms with Crippen LogP contribution in [-0.2, 0) is 11.3 Å². The van der Waals surface area contributed by atoms with Crippen molar-refractivity contribution in [2.45, 2.75) is 13.5 Å². The predicted molar refractivity (Wildman–Crippen MR) is 99.2 cm³/mol. The number of anilines is 1. The van der Waals surface area contributed by atoms with Crippen molar-refractivity contribution in [3.63, 3.8) is 0 Å². The van der Waals surface area contributed by atoms with Crippen LogP contribution in [0, 0.1) is 6.92 Å². The lowest BCUT2D eigenvalue weighted by molar-refractivity contribution is -0.117. The van der Waals surface area contributed by atoms with Gasteiger partial charge in [0.2, 0.25) is 5.91 Å². The van der Waals surface area contributed by atoms with Crippen LogP contribution in [0.2, 0.25) is 0 Å². The largest absolute Gasteiger partial charge is 0.365 e. The molecular weight excluding hydrogens is 384 g/mol. The van der Waals surface area contributed by atoms with E-state index in [1.165, 1.54) is 6.20 Å². The zero-order valence-electron chi connectivity index (χ0n) is 13.4. The minimum Gasteiger partial charge on any atom is -0.324 e. The van der Waals surface area contributed by atoms with Crippen molar-refractivity contribution in [3.8, 4) is 11.3 Å². The summed E-state index contributed by atoms with van der Waals surface area (Å²) in [7, 11) is 0. The minimum atomic E-state index is -0.567. The Bertz CT molecular complexity index is 967. The van der Waals surface area contributed by atoms with Gasteiger partial charge in [0, 0.05) is 15.7 Å². The minimum absolute atomic E-state index is 0.202.